The lowest BCUT2D eigenvalue weighted by Crippen LogP contribution is -2.50. The molecule has 282 valence electrons. The number of esters is 1. The van der Waals surface area contributed by atoms with Crippen LogP contribution in [0, 0.1) is 0 Å². The van der Waals surface area contributed by atoms with Crippen molar-refractivity contribution in [3.63, 3.8) is 0 Å². The molecule has 2 aromatic heterocycles. The molecule has 4 amide bonds. The summed E-state index contributed by atoms with van der Waals surface area (Å²) in [6.07, 6.45) is -0.0147. The van der Waals surface area contributed by atoms with Crippen LogP contribution in [0.1, 0.15) is 60.1 Å². The number of primary amides is 1. The summed E-state index contributed by atoms with van der Waals surface area (Å²) in [5, 5.41) is 6.01. The summed E-state index contributed by atoms with van der Waals surface area (Å²) < 4.78 is 17.9. The van der Waals surface area contributed by atoms with E-state index >= 15 is 0 Å². The van der Waals surface area contributed by atoms with Crippen molar-refractivity contribution in [3.05, 3.63) is 92.8 Å². The normalized spacial score (nSPS) is 14.6. The summed E-state index contributed by atoms with van der Waals surface area (Å²) in [6.45, 7) is 2.24. The number of aromatic nitrogens is 2. The van der Waals surface area contributed by atoms with Crippen LogP contribution >= 0.6 is 0 Å². The Balaban J connectivity index is 1.08. The SMILES string of the molecule is CCc1c2c(nc3ccc(OC(=O)N(C)CCNC(=O)[C@@H](CC(N)=O)NC(=O)CCCc4ccccc4)cc13)-c1cc3c(c(=O)n1C2)COC(=O)C3OC. The highest BCUT2D eigenvalue weighted by molar-refractivity contribution is 5.92. The van der Waals surface area contributed by atoms with Crippen molar-refractivity contribution in [1.82, 2.24) is 25.1 Å². The number of fused-ring (bicyclic) bond motifs is 5. The summed E-state index contributed by atoms with van der Waals surface area (Å²) in [5.74, 6) is -1.99. The first kappa shape index (κ1) is 37.7. The molecule has 0 saturated heterocycles. The van der Waals surface area contributed by atoms with E-state index in [1.807, 2.05) is 37.3 Å². The molecule has 2 atom stereocenters. The quantitative estimate of drug-likeness (QED) is 0.142. The first-order chi connectivity index (χ1) is 26.0. The molecule has 2 aliphatic rings. The molecular formula is C39H42N6O9. The maximum Gasteiger partial charge on any atom is 0.415 e. The van der Waals surface area contributed by atoms with Gasteiger partial charge in [-0.15, -0.1) is 0 Å². The molecule has 2 aromatic carbocycles. The zero-order chi connectivity index (χ0) is 38.5. The van der Waals surface area contributed by atoms with Crippen LogP contribution in [0.25, 0.3) is 22.3 Å². The third kappa shape index (κ3) is 7.95. The van der Waals surface area contributed by atoms with Crippen LogP contribution in [0.2, 0.25) is 0 Å². The molecule has 4 N–H and O–H groups in total. The molecule has 15 nitrogen and oxygen atoms in total. The Morgan fingerprint density at radius 1 is 1.09 bits per heavy atom. The number of nitrogens with two attached hydrogens (primary N) is 1. The minimum Gasteiger partial charge on any atom is -0.458 e. The molecule has 4 aromatic rings. The lowest BCUT2D eigenvalue weighted by molar-refractivity contribution is -0.159. The van der Waals surface area contributed by atoms with Gasteiger partial charge in [-0.05, 0) is 54.7 Å². The average molecular weight is 739 g/mol. The standard InChI is InChI=1S/C39H42N6O9/c1-4-24-25-17-23(13-14-29(25)43-34-27(24)20-45-31(34)18-26-28(37(45)49)21-53-38(50)35(26)52-3)54-39(51)44(2)16-15-41-36(48)30(19-32(40)46)42-33(47)12-8-11-22-9-6-5-7-10-22/h5-7,9-10,13-14,17-18,30,35H,4,8,11-12,15-16,19-21H2,1-3H3,(H2,40,46)(H,41,48)(H,42,47)/t30-,35?/m1/s1. The van der Waals surface area contributed by atoms with Crippen molar-refractivity contribution in [2.75, 3.05) is 27.2 Å². The van der Waals surface area contributed by atoms with E-state index in [1.54, 1.807) is 28.8 Å². The van der Waals surface area contributed by atoms with E-state index in [0.717, 1.165) is 22.1 Å². The first-order valence-corrected chi connectivity index (χ1v) is 17.7. The van der Waals surface area contributed by atoms with E-state index in [1.165, 1.54) is 19.1 Å². The highest BCUT2D eigenvalue weighted by Crippen LogP contribution is 2.39. The number of carbonyl (C=O) groups is 5. The number of carbonyl (C=O) groups excluding carboxylic acids is 5. The Morgan fingerprint density at radius 3 is 2.59 bits per heavy atom. The number of likely N-dealkylation sites (N-methyl/N-ethyl adjacent to an activating group) is 1. The van der Waals surface area contributed by atoms with Crippen LogP contribution in [-0.2, 0) is 54.6 Å². The van der Waals surface area contributed by atoms with Gasteiger partial charge >= 0.3 is 12.1 Å². The van der Waals surface area contributed by atoms with E-state index in [0.29, 0.717) is 47.3 Å². The van der Waals surface area contributed by atoms with E-state index in [2.05, 4.69) is 10.6 Å². The monoisotopic (exact) mass is 738 g/mol. The fourth-order valence-electron chi connectivity index (χ4n) is 6.88. The van der Waals surface area contributed by atoms with Crippen LogP contribution in [0.5, 0.6) is 5.75 Å². The minimum absolute atomic E-state index is 0.0199. The van der Waals surface area contributed by atoms with Gasteiger partial charge in [0.1, 0.15) is 18.4 Å². The van der Waals surface area contributed by atoms with Crippen molar-refractivity contribution < 1.29 is 38.2 Å². The van der Waals surface area contributed by atoms with Crippen molar-refractivity contribution in [2.24, 2.45) is 5.73 Å². The van der Waals surface area contributed by atoms with Crippen molar-refractivity contribution >= 4 is 40.7 Å². The lowest BCUT2D eigenvalue weighted by Gasteiger charge is -2.24. The van der Waals surface area contributed by atoms with E-state index in [9.17, 15) is 28.8 Å². The molecule has 2 aliphatic heterocycles. The fourth-order valence-corrected chi connectivity index (χ4v) is 6.88. The maximum absolute atomic E-state index is 13.5. The fraction of sp³-hybridized carbons (Fsp3) is 0.359. The number of rotatable bonds is 14. The molecule has 1 unspecified atom stereocenters. The summed E-state index contributed by atoms with van der Waals surface area (Å²) in [7, 11) is 2.90. The number of hydrogen-bond donors (Lipinski definition) is 3. The summed E-state index contributed by atoms with van der Waals surface area (Å²) in [4.78, 5) is 82.2. The van der Waals surface area contributed by atoms with Gasteiger partial charge in [-0.3, -0.25) is 19.2 Å². The topological polar surface area (TPSA) is 201 Å². The smallest absolute Gasteiger partial charge is 0.415 e. The average Bonchev–Trinajstić information content (AvgIpc) is 3.52. The third-order valence-electron chi connectivity index (χ3n) is 9.65. The van der Waals surface area contributed by atoms with E-state index < -0.39 is 36.0 Å². The number of hydrogen-bond acceptors (Lipinski definition) is 10. The molecule has 15 heteroatoms. The molecule has 6 rings (SSSR count). The number of pyridine rings is 2. The van der Waals surface area contributed by atoms with Crippen molar-refractivity contribution in [1.29, 1.82) is 0 Å². The predicted octanol–water partition coefficient (Wildman–Crippen LogP) is 2.66. The molecule has 0 fully saturated rings. The Bertz CT molecular complexity index is 2190. The van der Waals surface area contributed by atoms with Crippen LogP contribution < -0.4 is 26.7 Å². The largest absolute Gasteiger partial charge is 0.458 e. The molecule has 4 heterocycles. The maximum atomic E-state index is 13.5. The molecule has 0 spiro atoms. The number of ether oxygens (including phenoxy) is 3. The van der Waals surface area contributed by atoms with Gasteiger partial charge in [0.25, 0.3) is 5.56 Å². The second-order valence-corrected chi connectivity index (χ2v) is 13.2. The van der Waals surface area contributed by atoms with Gasteiger partial charge in [0, 0.05) is 50.2 Å². The molecule has 54 heavy (non-hydrogen) atoms. The van der Waals surface area contributed by atoms with Gasteiger partial charge in [-0.2, -0.15) is 0 Å². The minimum atomic E-state index is -1.15. The second-order valence-electron chi connectivity index (χ2n) is 13.2. The number of nitrogens with zero attached hydrogens (tertiary/aromatic N) is 3. The molecule has 0 aliphatic carbocycles. The highest BCUT2D eigenvalue weighted by atomic mass is 16.6. The molecule has 0 bridgehead atoms. The number of nitrogens with one attached hydrogen (secondary N) is 2. The van der Waals surface area contributed by atoms with E-state index in [4.69, 9.17) is 24.9 Å². The lowest BCUT2D eigenvalue weighted by atomic mass is 9.97. The van der Waals surface area contributed by atoms with Gasteiger partial charge in [0.2, 0.25) is 17.7 Å². The number of cyclic esters (lactones) is 1. The Hall–Kier alpha value is -6.09. The third-order valence-corrected chi connectivity index (χ3v) is 9.65. The highest BCUT2D eigenvalue weighted by Gasteiger charge is 2.36. The van der Waals surface area contributed by atoms with Crippen LogP contribution in [0.4, 0.5) is 4.79 Å². The van der Waals surface area contributed by atoms with Gasteiger partial charge in [-0.1, -0.05) is 37.3 Å². The summed E-state index contributed by atoms with van der Waals surface area (Å²) in [6, 6.07) is 15.4. The second kappa shape index (κ2) is 16.3. The number of benzene rings is 2. The van der Waals surface area contributed by atoms with Gasteiger partial charge in [0.15, 0.2) is 6.10 Å². The Morgan fingerprint density at radius 2 is 1.87 bits per heavy atom. The van der Waals surface area contributed by atoms with E-state index in [-0.39, 0.29) is 56.3 Å². The van der Waals surface area contributed by atoms with Gasteiger partial charge in [0.05, 0.1) is 35.4 Å². The van der Waals surface area contributed by atoms with Crippen molar-refractivity contribution in [2.45, 2.75) is 64.3 Å². The van der Waals surface area contributed by atoms with Gasteiger partial charge < -0.3 is 40.0 Å². The summed E-state index contributed by atoms with van der Waals surface area (Å²) in [5.41, 5.74) is 10.7. The number of amides is 4. The zero-order valence-corrected chi connectivity index (χ0v) is 30.3. The molecular weight excluding hydrogens is 696 g/mol. The van der Waals surface area contributed by atoms with Crippen LogP contribution in [-0.4, -0.2) is 77.5 Å². The number of methoxy groups -OCH3 is 1. The van der Waals surface area contributed by atoms with Crippen molar-refractivity contribution in [3.8, 4) is 17.1 Å². The zero-order valence-electron chi connectivity index (χ0n) is 30.3. The molecule has 0 radical (unpaired) electrons. The first-order valence-electron chi connectivity index (χ1n) is 17.7. The summed E-state index contributed by atoms with van der Waals surface area (Å²) >= 11 is 0. The Kier molecular flexibility index (Phi) is 11.4. The number of aryl methyl sites for hydroxylation is 2. The molecule has 0 saturated carbocycles. The van der Waals surface area contributed by atoms with Crippen LogP contribution in [0.3, 0.4) is 0 Å². The van der Waals surface area contributed by atoms with Crippen LogP contribution in [0.15, 0.2) is 59.4 Å². The van der Waals surface area contributed by atoms with Gasteiger partial charge in [-0.25, -0.2) is 14.6 Å². The predicted molar refractivity (Wildman–Crippen MR) is 196 cm³/mol. The Labute approximate surface area is 310 Å².